The van der Waals surface area contributed by atoms with Gasteiger partial charge in [-0.2, -0.15) is 0 Å². The van der Waals surface area contributed by atoms with Gasteiger partial charge in [-0.15, -0.1) is 0 Å². The Hall–Kier alpha value is -0.780. The van der Waals surface area contributed by atoms with E-state index in [1.807, 2.05) is 0 Å². The third-order valence-electron chi connectivity index (χ3n) is 2.80. The predicted molar refractivity (Wildman–Crippen MR) is 83.2 cm³/mol. The van der Waals surface area contributed by atoms with Gasteiger partial charge in [0.15, 0.2) is 6.10 Å². The second-order valence-electron chi connectivity index (χ2n) is 4.73. The van der Waals surface area contributed by atoms with Gasteiger partial charge in [-0.3, -0.25) is 4.79 Å². The highest BCUT2D eigenvalue weighted by Gasteiger charge is 2.20. The molecule has 1 N–H and O–H groups in total. The highest BCUT2D eigenvalue weighted by atomic mass is 79.9. The molecule has 4 nitrogen and oxygen atoms in total. The zero-order valence-electron chi connectivity index (χ0n) is 11.8. The van der Waals surface area contributed by atoms with Crippen molar-refractivity contribution in [2.24, 2.45) is 0 Å². The number of hydrogen-bond donors (Lipinski definition) is 1. The Morgan fingerprint density at radius 2 is 2.15 bits per heavy atom. The van der Waals surface area contributed by atoms with Crippen molar-refractivity contribution >= 4 is 33.4 Å². The van der Waals surface area contributed by atoms with Crippen LogP contribution in [0.2, 0.25) is 5.02 Å². The summed E-state index contributed by atoms with van der Waals surface area (Å²) < 4.78 is 6.34. The number of ether oxygens (including phenoxy) is 1. The van der Waals surface area contributed by atoms with Crippen molar-refractivity contribution < 1.29 is 14.6 Å². The quantitative estimate of drug-likeness (QED) is 0.844. The second kappa shape index (κ2) is 7.86. The topological polar surface area (TPSA) is 49.8 Å². The molecule has 0 fully saturated rings. The van der Waals surface area contributed by atoms with Crippen LogP contribution < -0.4 is 4.74 Å². The van der Waals surface area contributed by atoms with E-state index in [0.717, 1.165) is 0 Å². The molecule has 1 amide bonds. The Kier molecular flexibility index (Phi) is 6.79. The van der Waals surface area contributed by atoms with Crippen molar-refractivity contribution in [1.29, 1.82) is 0 Å². The summed E-state index contributed by atoms with van der Waals surface area (Å²) in [5, 5.41) is 9.83. The monoisotopic (exact) mass is 363 g/mol. The van der Waals surface area contributed by atoms with E-state index in [-0.39, 0.29) is 5.91 Å². The van der Waals surface area contributed by atoms with E-state index < -0.39 is 12.2 Å². The third-order valence-corrected chi connectivity index (χ3v) is 3.66. The van der Waals surface area contributed by atoms with E-state index in [1.165, 1.54) is 0 Å². The van der Waals surface area contributed by atoms with Gasteiger partial charge in [0.2, 0.25) is 0 Å². The number of aliphatic hydroxyl groups excluding tert-OH is 1. The fraction of sp³-hybridized carbons (Fsp3) is 0.500. The molecular formula is C14H19BrClNO3. The van der Waals surface area contributed by atoms with E-state index in [1.54, 1.807) is 44.0 Å². The lowest BCUT2D eigenvalue weighted by Crippen LogP contribution is -2.39. The number of aliphatic hydroxyl groups is 1. The van der Waals surface area contributed by atoms with Crippen LogP contribution in [0.15, 0.2) is 22.7 Å². The molecule has 6 heteroatoms. The van der Waals surface area contributed by atoms with Crippen LogP contribution in [0, 0.1) is 0 Å². The van der Waals surface area contributed by atoms with Gasteiger partial charge in [0.05, 0.1) is 10.6 Å². The predicted octanol–water partition coefficient (Wildman–Crippen LogP) is 3.10. The Balaban J connectivity index is 2.61. The first-order chi connectivity index (χ1) is 9.31. The van der Waals surface area contributed by atoms with E-state index in [2.05, 4.69) is 15.9 Å². The Morgan fingerprint density at radius 1 is 1.50 bits per heavy atom. The smallest absolute Gasteiger partial charge is 0.263 e. The maximum absolute atomic E-state index is 12.1. The molecule has 0 aliphatic heterocycles. The van der Waals surface area contributed by atoms with Crippen molar-refractivity contribution in [3.8, 4) is 5.75 Å². The molecule has 1 rings (SSSR count). The minimum absolute atomic E-state index is 0.132. The molecule has 0 spiro atoms. The van der Waals surface area contributed by atoms with E-state index in [9.17, 15) is 9.90 Å². The molecule has 0 heterocycles. The van der Waals surface area contributed by atoms with Crippen LogP contribution in [0.1, 0.15) is 20.3 Å². The molecule has 0 aliphatic carbocycles. The first kappa shape index (κ1) is 17.3. The summed E-state index contributed by atoms with van der Waals surface area (Å²) >= 11 is 9.20. The molecule has 2 atom stereocenters. The van der Waals surface area contributed by atoms with Gasteiger partial charge in [-0.1, -0.05) is 11.6 Å². The van der Waals surface area contributed by atoms with Crippen LogP contribution in [-0.2, 0) is 4.79 Å². The van der Waals surface area contributed by atoms with Gasteiger partial charge in [0.25, 0.3) is 5.91 Å². The zero-order chi connectivity index (χ0) is 15.3. The number of carbonyl (C=O) groups is 1. The highest BCUT2D eigenvalue weighted by molar-refractivity contribution is 9.10. The molecule has 0 aromatic heterocycles. The van der Waals surface area contributed by atoms with Crippen LogP contribution >= 0.6 is 27.5 Å². The van der Waals surface area contributed by atoms with Crippen molar-refractivity contribution in [1.82, 2.24) is 4.90 Å². The van der Waals surface area contributed by atoms with Crippen LogP contribution in [0.5, 0.6) is 5.75 Å². The lowest BCUT2D eigenvalue weighted by Gasteiger charge is -2.23. The summed E-state index contributed by atoms with van der Waals surface area (Å²) in [6.07, 6.45) is -0.488. The van der Waals surface area contributed by atoms with E-state index >= 15 is 0 Å². The molecule has 20 heavy (non-hydrogen) atoms. The van der Waals surface area contributed by atoms with Crippen molar-refractivity contribution in [2.45, 2.75) is 32.5 Å². The Morgan fingerprint density at radius 3 is 2.70 bits per heavy atom. The first-order valence-electron chi connectivity index (χ1n) is 6.36. The average Bonchev–Trinajstić information content (AvgIpc) is 2.38. The zero-order valence-corrected chi connectivity index (χ0v) is 14.1. The average molecular weight is 365 g/mol. The minimum Gasteiger partial charge on any atom is -0.480 e. The first-order valence-corrected chi connectivity index (χ1v) is 7.53. The van der Waals surface area contributed by atoms with Crippen LogP contribution in [0.4, 0.5) is 0 Å². The maximum atomic E-state index is 12.1. The number of benzene rings is 1. The molecule has 0 bridgehead atoms. The number of amides is 1. The Bertz CT molecular complexity index is 468. The molecule has 112 valence electrons. The van der Waals surface area contributed by atoms with Gasteiger partial charge >= 0.3 is 0 Å². The number of likely N-dealkylation sites (N-methyl/N-ethyl adjacent to an activating group) is 1. The minimum atomic E-state index is -0.605. The van der Waals surface area contributed by atoms with Crippen LogP contribution in [0.25, 0.3) is 0 Å². The largest absolute Gasteiger partial charge is 0.480 e. The van der Waals surface area contributed by atoms with Crippen LogP contribution in [0.3, 0.4) is 0 Å². The second-order valence-corrected chi connectivity index (χ2v) is 6.02. The van der Waals surface area contributed by atoms with Gasteiger partial charge in [-0.25, -0.2) is 0 Å². The summed E-state index contributed by atoms with van der Waals surface area (Å²) in [5.41, 5.74) is 0. The van der Waals surface area contributed by atoms with Gasteiger partial charge < -0.3 is 14.7 Å². The summed E-state index contributed by atoms with van der Waals surface area (Å²) in [6, 6.07) is 5.13. The van der Waals surface area contributed by atoms with Gasteiger partial charge in [0.1, 0.15) is 5.75 Å². The number of halogens is 2. The molecule has 0 radical (unpaired) electrons. The fourth-order valence-corrected chi connectivity index (χ4v) is 2.39. The van der Waals surface area contributed by atoms with Crippen molar-refractivity contribution in [3.05, 3.63) is 27.7 Å². The number of rotatable bonds is 6. The summed E-state index contributed by atoms with van der Waals surface area (Å²) in [7, 11) is 1.70. The number of hydrogen-bond acceptors (Lipinski definition) is 3. The molecule has 2 unspecified atom stereocenters. The standard InChI is InChI=1S/C14H19BrClNO3/c1-9(18)6-7-17(3)14(19)10(2)20-13-5-4-11(16)8-12(13)15/h4-5,8-10,18H,6-7H2,1-3H3. The molecule has 0 saturated heterocycles. The summed E-state index contributed by atoms with van der Waals surface area (Å²) in [4.78, 5) is 13.7. The van der Waals surface area contributed by atoms with Gasteiger partial charge in [-0.05, 0) is 54.4 Å². The van der Waals surface area contributed by atoms with E-state index in [4.69, 9.17) is 16.3 Å². The van der Waals surface area contributed by atoms with Crippen LogP contribution in [-0.4, -0.2) is 41.7 Å². The molecule has 0 aliphatic rings. The number of nitrogens with zero attached hydrogens (tertiary/aromatic N) is 1. The molecule has 0 saturated carbocycles. The highest BCUT2D eigenvalue weighted by Crippen LogP contribution is 2.28. The van der Waals surface area contributed by atoms with Crippen molar-refractivity contribution in [2.75, 3.05) is 13.6 Å². The molecule has 1 aromatic rings. The number of carbonyl (C=O) groups excluding carboxylic acids is 1. The third kappa shape index (κ3) is 5.31. The Labute approximate surface area is 132 Å². The van der Waals surface area contributed by atoms with E-state index in [0.29, 0.717) is 28.2 Å². The van der Waals surface area contributed by atoms with Gasteiger partial charge in [0, 0.05) is 18.6 Å². The summed E-state index contributed by atoms with van der Waals surface area (Å²) in [6.45, 7) is 3.89. The SMILES string of the molecule is CC(O)CCN(C)C(=O)C(C)Oc1ccc(Cl)cc1Br. The lowest BCUT2D eigenvalue weighted by molar-refractivity contribution is -0.136. The fourth-order valence-electron chi connectivity index (χ4n) is 1.61. The maximum Gasteiger partial charge on any atom is 0.263 e. The van der Waals surface area contributed by atoms with Crippen molar-refractivity contribution in [3.63, 3.8) is 0 Å². The lowest BCUT2D eigenvalue weighted by atomic mass is 10.2. The molecular weight excluding hydrogens is 346 g/mol. The summed E-state index contributed by atoms with van der Waals surface area (Å²) in [5.74, 6) is 0.437. The normalized spacial score (nSPS) is 13.7. The molecule has 1 aromatic carbocycles.